The fraction of sp³-hybridized carbons (Fsp3) is 0.0714. The van der Waals surface area contributed by atoms with Crippen LogP contribution in [-0.4, -0.2) is 5.97 Å². The molecule has 0 saturated carbocycles. The minimum Gasteiger partial charge on any atom is -0.434 e. The first-order valence-corrected chi connectivity index (χ1v) is 5.46. The van der Waals surface area contributed by atoms with Crippen molar-refractivity contribution in [1.82, 2.24) is 0 Å². The zero-order chi connectivity index (χ0) is 11.7. The molecule has 17 heavy (non-hydrogen) atoms. The predicted molar refractivity (Wildman–Crippen MR) is 64.7 cm³/mol. The maximum atomic E-state index is 11.8. The molecular formula is C14H11NO2. The van der Waals surface area contributed by atoms with E-state index in [1.807, 2.05) is 48.5 Å². The molecular weight excluding hydrogens is 214 g/mol. The zero-order valence-corrected chi connectivity index (χ0v) is 9.09. The molecule has 0 saturated heterocycles. The van der Waals surface area contributed by atoms with Crippen LogP contribution >= 0.6 is 0 Å². The lowest BCUT2D eigenvalue weighted by Gasteiger charge is -2.26. The second kappa shape index (κ2) is 3.94. The molecule has 0 amide bonds. The smallest absolute Gasteiger partial charge is 0.342 e. The van der Waals surface area contributed by atoms with Crippen molar-refractivity contribution in [3.05, 3.63) is 65.7 Å². The van der Waals surface area contributed by atoms with Crippen LogP contribution in [0.3, 0.4) is 0 Å². The van der Waals surface area contributed by atoms with Crippen molar-refractivity contribution >= 4 is 11.7 Å². The number of esters is 1. The second-order valence-electron chi connectivity index (χ2n) is 3.89. The van der Waals surface area contributed by atoms with Crippen LogP contribution in [0, 0.1) is 0 Å². The number of benzene rings is 2. The molecule has 3 nitrogen and oxygen atoms in total. The molecule has 1 unspecified atom stereocenters. The van der Waals surface area contributed by atoms with Gasteiger partial charge < -0.3 is 10.1 Å². The van der Waals surface area contributed by atoms with Crippen molar-refractivity contribution in [2.24, 2.45) is 0 Å². The van der Waals surface area contributed by atoms with E-state index in [4.69, 9.17) is 4.74 Å². The number of rotatable bonds is 1. The lowest BCUT2D eigenvalue weighted by atomic mass is 10.1. The van der Waals surface area contributed by atoms with Crippen molar-refractivity contribution in [2.75, 3.05) is 5.32 Å². The van der Waals surface area contributed by atoms with Crippen molar-refractivity contribution in [3.63, 3.8) is 0 Å². The van der Waals surface area contributed by atoms with Crippen LogP contribution in [0.25, 0.3) is 0 Å². The number of nitrogens with one attached hydrogen (secondary N) is 1. The van der Waals surface area contributed by atoms with Gasteiger partial charge in [-0.3, -0.25) is 0 Å². The van der Waals surface area contributed by atoms with Gasteiger partial charge in [0, 0.05) is 5.56 Å². The molecule has 1 heterocycles. The van der Waals surface area contributed by atoms with Crippen molar-refractivity contribution in [1.29, 1.82) is 0 Å². The highest BCUT2D eigenvalue weighted by molar-refractivity contribution is 5.97. The van der Waals surface area contributed by atoms with Gasteiger partial charge >= 0.3 is 5.97 Å². The van der Waals surface area contributed by atoms with Crippen molar-refractivity contribution < 1.29 is 9.53 Å². The molecule has 0 spiro atoms. The standard InChI is InChI=1S/C14H11NO2/c16-14-11-8-4-5-9-12(11)15-13(17-14)10-6-2-1-3-7-10/h1-9,13,15H. The Morgan fingerprint density at radius 2 is 1.65 bits per heavy atom. The molecule has 84 valence electrons. The summed E-state index contributed by atoms with van der Waals surface area (Å²) in [6.07, 6.45) is -0.404. The first kappa shape index (κ1) is 9.90. The Balaban J connectivity index is 1.97. The molecule has 0 bridgehead atoms. The number of hydrogen-bond donors (Lipinski definition) is 1. The number of hydrogen-bond acceptors (Lipinski definition) is 3. The van der Waals surface area contributed by atoms with Gasteiger partial charge in [0.1, 0.15) is 0 Å². The normalized spacial score (nSPS) is 17.9. The minimum atomic E-state index is -0.404. The third kappa shape index (κ3) is 1.76. The van der Waals surface area contributed by atoms with E-state index in [9.17, 15) is 4.79 Å². The molecule has 1 aliphatic rings. The molecule has 3 rings (SSSR count). The van der Waals surface area contributed by atoms with Gasteiger partial charge in [-0.2, -0.15) is 0 Å². The van der Waals surface area contributed by atoms with E-state index in [1.54, 1.807) is 6.07 Å². The maximum absolute atomic E-state index is 11.8. The molecule has 0 aliphatic carbocycles. The van der Waals surface area contributed by atoms with Gasteiger partial charge in [0.05, 0.1) is 11.3 Å². The molecule has 0 fully saturated rings. The van der Waals surface area contributed by atoms with Gasteiger partial charge in [0.2, 0.25) is 0 Å². The lowest BCUT2D eigenvalue weighted by molar-refractivity contribution is 0.0330. The SMILES string of the molecule is O=C1OC(c2ccccc2)Nc2ccccc21. The van der Waals surface area contributed by atoms with Crippen LogP contribution < -0.4 is 5.32 Å². The fourth-order valence-corrected chi connectivity index (χ4v) is 1.91. The predicted octanol–water partition coefficient (Wildman–Crippen LogP) is 2.97. The van der Waals surface area contributed by atoms with Crippen LogP contribution in [0.15, 0.2) is 54.6 Å². The zero-order valence-electron chi connectivity index (χ0n) is 9.09. The van der Waals surface area contributed by atoms with E-state index in [1.165, 1.54) is 0 Å². The summed E-state index contributed by atoms with van der Waals surface area (Å²) in [5, 5.41) is 3.20. The summed E-state index contributed by atoms with van der Waals surface area (Å²) < 4.78 is 5.35. The molecule has 2 aromatic carbocycles. The van der Waals surface area contributed by atoms with E-state index in [0.717, 1.165) is 11.3 Å². The monoisotopic (exact) mass is 225 g/mol. The van der Waals surface area contributed by atoms with E-state index < -0.39 is 6.23 Å². The molecule has 3 heteroatoms. The fourth-order valence-electron chi connectivity index (χ4n) is 1.91. The number of ether oxygens (including phenoxy) is 1. The Kier molecular flexibility index (Phi) is 2.29. The average molecular weight is 225 g/mol. The number of cyclic esters (lactones) is 1. The van der Waals surface area contributed by atoms with Crippen LogP contribution in [0.1, 0.15) is 22.1 Å². The molecule has 1 N–H and O–H groups in total. The quantitative estimate of drug-likeness (QED) is 0.758. The summed E-state index contributed by atoms with van der Waals surface area (Å²) in [4.78, 5) is 11.8. The molecule has 0 radical (unpaired) electrons. The maximum Gasteiger partial charge on any atom is 0.342 e. The van der Waals surface area contributed by atoms with Crippen LogP contribution in [0.4, 0.5) is 5.69 Å². The number of fused-ring (bicyclic) bond motifs is 1. The molecule has 2 aromatic rings. The summed E-state index contributed by atoms with van der Waals surface area (Å²) >= 11 is 0. The van der Waals surface area contributed by atoms with Crippen LogP contribution in [0.2, 0.25) is 0 Å². The van der Waals surface area contributed by atoms with Crippen LogP contribution in [0.5, 0.6) is 0 Å². The molecule has 1 aliphatic heterocycles. The van der Waals surface area contributed by atoms with E-state index in [0.29, 0.717) is 5.56 Å². The second-order valence-corrected chi connectivity index (χ2v) is 3.89. The Labute approximate surface area is 99.0 Å². The van der Waals surface area contributed by atoms with Gasteiger partial charge in [0.25, 0.3) is 0 Å². The summed E-state index contributed by atoms with van der Waals surface area (Å²) in [6, 6.07) is 17.0. The highest BCUT2D eigenvalue weighted by Gasteiger charge is 2.25. The third-order valence-corrected chi connectivity index (χ3v) is 2.76. The average Bonchev–Trinajstić information content (AvgIpc) is 2.40. The van der Waals surface area contributed by atoms with Gasteiger partial charge in [-0.15, -0.1) is 0 Å². The lowest BCUT2D eigenvalue weighted by Crippen LogP contribution is -2.25. The largest absolute Gasteiger partial charge is 0.434 e. The van der Waals surface area contributed by atoms with Gasteiger partial charge in [-0.05, 0) is 12.1 Å². The van der Waals surface area contributed by atoms with E-state index in [2.05, 4.69) is 5.32 Å². The topological polar surface area (TPSA) is 38.3 Å². The van der Waals surface area contributed by atoms with Crippen molar-refractivity contribution in [2.45, 2.75) is 6.23 Å². The van der Waals surface area contributed by atoms with E-state index >= 15 is 0 Å². The first-order valence-electron chi connectivity index (χ1n) is 5.46. The first-order chi connectivity index (χ1) is 8.34. The highest BCUT2D eigenvalue weighted by Crippen LogP contribution is 2.29. The Bertz CT molecular complexity index is 551. The summed E-state index contributed by atoms with van der Waals surface area (Å²) in [5.74, 6) is -0.284. The Morgan fingerprint density at radius 3 is 2.47 bits per heavy atom. The number of anilines is 1. The summed E-state index contributed by atoms with van der Waals surface area (Å²) in [7, 11) is 0. The minimum absolute atomic E-state index is 0.284. The van der Waals surface area contributed by atoms with Gasteiger partial charge in [-0.1, -0.05) is 42.5 Å². The third-order valence-electron chi connectivity index (χ3n) is 2.76. The summed E-state index contributed by atoms with van der Waals surface area (Å²) in [6.45, 7) is 0. The van der Waals surface area contributed by atoms with Gasteiger partial charge in [-0.25, -0.2) is 4.79 Å². The molecule has 0 aromatic heterocycles. The number of para-hydroxylation sites is 1. The van der Waals surface area contributed by atoms with Crippen molar-refractivity contribution in [3.8, 4) is 0 Å². The molecule has 1 atom stereocenters. The number of carbonyl (C=O) groups is 1. The Hall–Kier alpha value is -2.29. The highest BCUT2D eigenvalue weighted by atomic mass is 16.6. The van der Waals surface area contributed by atoms with Gasteiger partial charge in [0.15, 0.2) is 6.23 Å². The van der Waals surface area contributed by atoms with E-state index in [-0.39, 0.29) is 5.97 Å². The Morgan fingerprint density at radius 1 is 0.941 bits per heavy atom. The summed E-state index contributed by atoms with van der Waals surface area (Å²) in [5.41, 5.74) is 2.34. The van der Waals surface area contributed by atoms with Crippen LogP contribution in [-0.2, 0) is 4.74 Å². The number of carbonyl (C=O) groups excluding carboxylic acids is 1.